The predicted molar refractivity (Wildman–Crippen MR) is 88.9 cm³/mol. The second-order valence-corrected chi connectivity index (χ2v) is 6.00. The monoisotopic (exact) mass is 332 g/mol. The SMILES string of the molecule is Cc1cc(NC(=O)N2CCO[C@@H](C)[C@H]2C)nn1-c1ccc(F)cc1. The molecule has 1 fully saturated rings. The van der Waals surface area contributed by atoms with E-state index in [1.54, 1.807) is 27.8 Å². The summed E-state index contributed by atoms with van der Waals surface area (Å²) >= 11 is 0. The maximum absolute atomic E-state index is 13.1. The number of rotatable bonds is 2. The lowest BCUT2D eigenvalue weighted by molar-refractivity contribution is -0.0355. The Morgan fingerprint density at radius 3 is 2.75 bits per heavy atom. The summed E-state index contributed by atoms with van der Waals surface area (Å²) in [5.74, 6) is 0.167. The standard InChI is InChI=1S/C17H21FN4O2/c1-11-10-16(20-22(11)15-6-4-14(18)5-7-15)19-17(23)21-8-9-24-13(3)12(21)2/h4-7,10,12-13H,8-9H2,1-3H3,(H,19,20,23)/t12-,13+/m1/s1. The van der Waals surface area contributed by atoms with Crippen LogP contribution in [0.25, 0.3) is 5.69 Å². The number of amides is 2. The van der Waals surface area contributed by atoms with Crippen LogP contribution in [0.4, 0.5) is 15.0 Å². The molecule has 0 aliphatic carbocycles. The molecule has 1 aromatic carbocycles. The van der Waals surface area contributed by atoms with Gasteiger partial charge in [0.15, 0.2) is 5.82 Å². The molecule has 0 bridgehead atoms. The lowest BCUT2D eigenvalue weighted by Gasteiger charge is -2.37. The first kappa shape index (κ1) is 16.4. The van der Waals surface area contributed by atoms with Crippen LogP contribution >= 0.6 is 0 Å². The van der Waals surface area contributed by atoms with E-state index in [1.807, 2.05) is 20.8 Å². The van der Waals surface area contributed by atoms with E-state index in [4.69, 9.17) is 4.74 Å². The molecule has 0 unspecified atom stereocenters. The highest BCUT2D eigenvalue weighted by molar-refractivity contribution is 5.88. The van der Waals surface area contributed by atoms with Gasteiger partial charge in [0.05, 0.1) is 24.4 Å². The van der Waals surface area contributed by atoms with Gasteiger partial charge in [-0.15, -0.1) is 5.10 Å². The zero-order valence-electron chi connectivity index (χ0n) is 14.0. The molecule has 2 heterocycles. The summed E-state index contributed by atoms with van der Waals surface area (Å²) in [5, 5.41) is 7.22. The summed E-state index contributed by atoms with van der Waals surface area (Å²) in [6.07, 6.45) is 0.00279. The Kier molecular flexibility index (Phi) is 4.53. The van der Waals surface area contributed by atoms with Crippen LogP contribution in [0.1, 0.15) is 19.5 Å². The normalized spacial score (nSPS) is 20.9. The summed E-state index contributed by atoms with van der Waals surface area (Å²) in [5.41, 5.74) is 1.59. The Balaban J connectivity index is 1.75. The van der Waals surface area contributed by atoms with Crippen molar-refractivity contribution in [2.75, 3.05) is 18.5 Å². The minimum Gasteiger partial charge on any atom is -0.375 e. The third-order valence-electron chi connectivity index (χ3n) is 4.34. The van der Waals surface area contributed by atoms with Crippen LogP contribution in [0, 0.1) is 12.7 Å². The lowest BCUT2D eigenvalue weighted by Crippen LogP contribution is -2.52. The minimum atomic E-state index is -0.299. The number of urea groups is 1. The van der Waals surface area contributed by atoms with Gasteiger partial charge in [0.1, 0.15) is 5.82 Å². The fourth-order valence-electron chi connectivity index (χ4n) is 2.78. The van der Waals surface area contributed by atoms with Gasteiger partial charge >= 0.3 is 6.03 Å². The van der Waals surface area contributed by atoms with Gasteiger partial charge in [-0.05, 0) is 45.0 Å². The molecular formula is C17H21FN4O2. The largest absolute Gasteiger partial charge is 0.375 e. The van der Waals surface area contributed by atoms with Gasteiger partial charge in [0, 0.05) is 18.3 Å². The summed E-state index contributed by atoms with van der Waals surface area (Å²) < 4.78 is 20.3. The highest BCUT2D eigenvalue weighted by Crippen LogP contribution is 2.18. The molecule has 2 amide bonds. The average Bonchev–Trinajstić information content (AvgIpc) is 2.91. The maximum atomic E-state index is 13.1. The Bertz CT molecular complexity index is 729. The second kappa shape index (κ2) is 6.60. The van der Waals surface area contributed by atoms with Crippen molar-refractivity contribution in [3.05, 3.63) is 41.8 Å². The number of hydrogen-bond donors (Lipinski definition) is 1. The number of halogens is 1. The van der Waals surface area contributed by atoms with Crippen molar-refractivity contribution in [2.45, 2.75) is 32.9 Å². The van der Waals surface area contributed by atoms with E-state index in [-0.39, 0.29) is 24.0 Å². The van der Waals surface area contributed by atoms with Gasteiger partial charge in [0.25, 0.3) is 0 Å². The molecule has 24 heavy (non-hydrogen) atoms. The van der Waals surface area contributed by atoms with Gasteiger partial charge in [-0.25, -0.2) is 13.9 Å². The van der Waals surface area contributed by atoms with Crippen LogP contribution in [-0.4, -0.2) is 46.0 Å². The number of aromatic nitrogens is 2. The quantitative estimate of drug-likeness (QED) is 0.920. The van der Waals surface area contributed by atoms with Crippen molar-refractivity contribution in [3.63, 3.8) is 0 Å². The minimum absolute atomic E-state index is 0.000897. The van der Waals surface area contributed by atoms with E-state index >= 15 is 0 Å². The molecule has 2 atom stereocenters. The number of aryl methyl sites for hydroxylation is 1. The molecule has 0 saturated carbocycles. The molecule has 1 aromatic heterocycles. The van der Waals surface area contributed by atoms with Gasteiger partial charge < -0.3 is 9.64 Å². The second-order valence-electron chi connectivity index (χ2n) is 6.00. The van der Waals surface area contributed by atoms with E-state index in [0.717, 1.165) is 11.4 Å². The highest BCUT2D eigenvalue weighted by atomic mass is 19.1. The fourth-order valence-corrected chi connectivity index (χ4v) is 2.78. The molecule has 1 N–H and O–H groups in total. The Labute approximate surface area is 140 Å². The summed E-state index contributed by atoms with van der Waals surface area (Å²) in [4.78, 5) is 14.2. The predicted octanol–water partition coefficient (Wildman–Crippen LogP) is 2.96. The number of nitrogens with one attached hydrogen (secondary N) is 1. The number of morpholine rings is 1. The Morgan fingerprint density at radius 1 is 1.33 bits per heavy atom. The first-order chi connectivity index (χ1) is 11.5. The van der Waals surface area contributed by atoms with E-state index in [0.29, 0.717) is 19.0 Å². The van der Waals surface area contributed by atoms with E-state index < -0.39 is 0 Å². The average molecular weight is 332 g/mol. The number of nitrogens with zero attached hydrogens (tertiary/aromatic N) is 3. The maximum Gasteiger partial charge on any atom is 0.323 e. The lowest BCUT2D eigenvalue weighted by atomic mass is 10.1. The van der Waals surface area contributed by atoms with Crippen LogP contribution in [0.15, 0.2) is 30.3 Å². The van der Waals surface area contributed by atoms with E-state index in [1.165, 1.54) is 12.1 Å². The van der Waals surface area contributed by atoms with Crippen molar-refractivity contribution in [1.82, 2.24) is 14.7 Å². The summed E-state index contributed by atoms with van der Waals surface area (Å²) in [6, 6.07) is 7.65. The van der Waals surface area contributed by atoms with Crippen LogP contribution in [0.2, 0.25) is 0 Å². The smallest absolute Gasteiger partial charge is 0.323 e. The third-order valence-corrected chi connectivity index (χ3v) is 4.34. The topological polar surface area (TPSA) is 59.4 Å². The van der Waals surface area contributed by atoms with E-state index in [9.17, 15) is 9.18 Å². The molecule has 1 saturated heterocycles. The van der Waals surface area contributed by atoms with Crippen molar-refractivity contribution < 1.29 is 13.9 Å². The zero-order valence-corrected chi connectivity index (χ0v) is 14.0. The molecule has 7 heteroatoms. The number of hydrogen-bond acceptors (Lipinski definition) is 3. The number of anilines is 1. The van der Waals surface area contributed by atoms with Crippen LogP contribution in [0.3, 0.4) is 0 Å². The molecule has 6 nitrogen and oxygen atoms in total. The first-order valence-corrected chi connectivity index (χ1v) is 7.97. The molecular weight excluding hydrogens is 311 g/mol. The molecule has 0 radical (unpaired) electrons. The molecule has 1 aliphatic rings. The zero-order chi connectivity index (χ0) is 17.3. The van der Waals surface area contributed by atoms with Crippen LogP contribution in [0.5, 0.6) is 0 Å². The van der Waals surface area contributed by atoms with Crippen molar-refractivity contribution in [1.29, 1.82) is 0 Å². The van der Waals surface area contributed by atoms with E-state index in [2.05, 4.69) is 10.4 Å². The number of carbonyl (C=O) groups excluding carboxylic acids is 1. The summed E-state index contributed by atoms with van der Waals surface area (Å²) in [6.45, 7) is 6.88. The van der Waals surface area contributed by atoms with Crippen molar-refractivity contribution in [2.24, 2.45) is 0 Å². The molecule has 0 spiro atoms. The van der Waals surface area contributed by atoms with Crippen LogP contribution < -0.4 is 5.32 Å². The fraction of sp³-hybridized carbons (Fsp3) is 0.412. The van der Waals surface area contributed by atoms with Gasteiger partial charge in [0.2, 0.25) is 0 Å². The van der Waals surface area contributed by atoms with Gasteiger partial charge in [-0.1, -0.05) is 0 Å². The number of carbonyl (C=O) groups is 1. The van der Waals surface area contributed by atoms with Crippen molar-refractivity contribution >= 4 is 11.8 Å². The third kappa shape index (κ3) is 3.26. The summed E-state index contributed by atoms with van der Waals surface area (Å²) in [7, 11) is 0. The number of ether oxygens (including phenoxy) is 1. The molecule has 2 aromatic rings. The molecule has 128 valence electrons. The van der Waals surface area contributed by atoms with Crippen molar-refractivity contribution in [3.8, 4) is 5.69 Å². The molecule has 3 rings (SSSR count). The Morgan fingerprint density at radius 2 is 2.04 bits per heavy atom. The molecule has 1 aliphatic heterocycles. The van der Waals surface area contributed by atoms with Crippen LogP contribution in [-0.2, 0) is 4.74 Å². The highest BCUT2D eigenvalue weighted by Gasteiger charge is 2.29. The van der Waals surface area contributed by atoms with Gasteiger partial charge in [-0.3, -0.25) is 5.32 Å². The number of benzene rings is 1. The Hall–Kier alpha value is -2.41. The van der Waals surface area contributed by atoms with Gasteiger partial charge in [-0.2, -0.15) is 0 Å². The first-order valence-electron chi connectivity index (χ1n) is 7.97.